The first-order valence-electron chi connectivity index (χ1n) is 9.04. The molecule has 26 heavy (non-hydrogen) atoms. The number of ether oxygens (including phenoxy) is 2. The van der Waals surface area contributed by atoms with Gasteiger partial charge in [-0.25, -0.2) is 0 Å². The topological polar surface area (TPSA) is 18.5 Å². The molecule has 2 aliphatic heterocycles. The Hall–Kier alpha value is -2.68. The molecule has 0 N–H and O–H groups in total. The lowest BCUT2D eigenvalue weighted by Crippen LogP contribution is -2.01. The smallest absolute Gasteiger partial charge is 0.0731 e. The summed E-state index contributed by atoms with van der Waals surface area (Å²) in [6.45, 7) is 2.66. The SMILES string of the molecule is C1=C(/c2ccccc2)C2=C(/C=C(/c3ccccc3)C3=C/1COC3)COC2. The fourth-order valence-electron chi connectivity index (χ4n) is 3.92. The van der Waals surface area contributed by atoms with Gasteiger partial charge in [-0.2, -0.15) is 0 Å². The van der Waals surface area contributed by atoms with Crippen LogP contribution < -0.4 is 0 Å². The number of rotatable bonds is 2. The third-order valence-electron chi connectivity index (χ3n) is 5.24. The predicted octanol–water partition coefficient (Wildman–Crippen LogP) is 4.82. The molecule has 2 nitrogen and oxygen atoms in total. The van der Waals surface area contributed by atoms with E-state index >= 15 is 0 Å². The van der Waals surface area contributed by atoms with Gasteiger partial charge in [0.1, 0.15) is 0 Å². The molecular weight excluding hydrogens is 320 g/mol. The van der Waals surface area contributed by atoms with Crippen molar-refractivity contribution < 1.29 is 9.47 Å². The lowest BCUT2D eigenvalue weighted by molar-refractivity contribution is 0.206. The summed E-state index contributed by atoms with van der Waals surface area (Å²) in [7, 11) is 0. The maximum absolute atomic E-state index is 5.85. The first-order chi connectivity index (χ1) is 12.9. The van der Waals surface area contributed by atoms with Gasteiger partial charge in [0, 0.05) is 0 Å². The Morgan fingerprint density at radius 3 is 1.35 bits per heavy atom. The Labute approximate surface area is 153 Å². The van der Waals surface area contributed by atoms with Crippen LogP contribution in [0.3, 0.4) is 0 Å². The molecule has 2 aromatic rings. The van der Waals surface area contributed by atoms with Crippen LogP contribution in [0.4, 0.5) is 0 Å². The van der Waals surface area contributed by atoms with Crippen LogP contribution >= 0.6 is 0 Å². The van der Waals surface area contributed by atoms with Crippen LogP contribution in [-0.4, -0.2) is 26.4 Å². The van der Waals surface area contributed by atoms with E-state index in [0.29, 0.717) is 26.4 Å². The Morgan fingerprint density at radius 1 is 0.500 bits per heavy atom. The van der Waals surface area contributed by atoms with E-state index in [2.05, 4.69) is 72.8 Å². The Balaban J connectivity index is 1.73. The Morgan fingerprint density at radius 2 is 0.923 bits per heavy atom. The zero-order valence-corrected chi connectivity index (χ0v) is 14.6. The first kappa shape index (κ1) is 15.6. The lowest BCUT2D eigenvalue weighted by atomic mass is 9.86. The molecule has 1 aliphatic carbocycles. The number of hydrogen-bond donors (Lipinski definition) is 0. The second-order valence-electron chi connectivity index (χ2n) is 6.84. The average Bonchev–Trinajstić information content (AvgIpc) is 3.33. The fourth-order valence-corrected chi connectivity index (χ4v) is 3.92. The van der Waals surface area contributed by atoms with Crippen molar-refractivity contribution in [1.82, 2.24) is 0 Å². The van der Waals surface area contributed by atoms with Crippen LogP contribution in [0.1, 0.15) is 11.1 Å². The van der Waals surface area contributed by atoms with Crippen LogP contribution in [0.2, 0.25) is 0 Å². The fraction of sp³-hybridized carbons (Fsp3) is 0.167. The highest BCUT2D eigenvalue weighted by Crippen LogP contribution is 2.39. The van der Waals surface area contributed by atoms with E-state index in [1.54, 1.807) is 0 Å². The summed E-state index contributed by atoms with van der Waals surface area (Å²) >= 11 is 0. The van der Waals surface area contributed by atoms with Gasteiger partial charge in [0.25, 0.3) is 0 Å². The highest BCUT2D eigenvalue weighted by atomic mass is 16.5. The van der Waals surface area contributed by atoms with E-state index < -0.39 is 0 Å². The van der Waals surface area contributed by atoms with E-state index in [1.165, 1.54) is 44.6 Å². The van der Waals surface area contributed by atoms with Crippen LogP contribution in [0.15, 0.2) is 95.1 Å². The predicted molar refractivity (Wildman–Crippen MR) is 105 cm³/mol. The largest absolute Gasteiger partial charge is 0.372 e. The summed E-state index contributed by atoms with van der Waals surface area (Å²) in [5.74, 6) is 0. The quantitative estimate of drug-likeness (QED) is 0.780. The second kappa shape index (κ2) is 6.56. The lowest BCUT2D eigenvalue weighted by Gasteiger charge is -2.17. The van der Waals surface area contributed by atoms with Crippen molar-refractivity contribution in [2.24, 2.45) is 0 Å². The maximum atomic E-state index is 5.85. The van der Waals surface area contributed by atoms with Crippen molar-refractivity contribution in [2.75, 3.05) is 26.4 Å². The first-order valence-corrected chi connectivity index (χ1v) is 9.04. The van der Waals surface area contributed by atoms with Gasteiger partial charge in [0.15, 0.2) is 0 Å². The van der Waals surface area contributed by atoms with E-state index in [-0.39, 0.29) is 0 Å². The monoisotopic (exact) mass is 340 g/mol. The van der Waals surface area contributed by atoms with Gasteiger partial charge >= 0.3 is 0 Å². The summed E-state index contributed by atoms with van der Waals surface area (Å²) in [6, 6.07) is 21.2. The van der Waals surface area contributed by atoms with Crippen molar-refractivity contribution in [3.05, 3.63) is 106 Å². The molecule has 128 valence electrons. The minimum Gasteiger partial charge on any atom is -0.372 e. The molecule has 0 amide bonds. The molecule has 0 aromatic heterocycles. The molecule has 0 saturated heterocycles. The third-order valence-corrected chi connectivity index (χ3v) is 5.24. The Kier molecular flexibility index (Phi) is 3.93. The minimum atomic E-state index is 0.665. The van der Waals surface area contributed by atoms with Crippen LogP contribution in [0.5, 0.6) is 0 Å². The van der Waals surface area contributed by atoms with Crippen LogP contribution in [-0.2, 0) is 9.47 Å². The van der Waals surface area contributed by atoms with Crippen LogP contribution in [0.25, 0.3) is 11.1 Å². The molecule has 0 spiro atoms. The molecule has 0 fully saturated rings. The highest BCUT2D eigenvalue weighted by molar-refractivity contribution is 5.90. The summed E-state index contributed by atoms with van der Waals surface area (Å²) in [5.41, 5.74) is 10.1. The van der Waals surface area contributed by atoms with E-state index in [4.69, 9.17) is 9.47 Å². The number of hydrogen-bond acceptors (Lipinski definition) is 2. The van der Waals surface area contributed by atoms with E-state index in [0.717, 1.165) is 0 Å². The van der Waals surface area contributed by atoms with Crippen molar-refractivity contribution in [2.45, 2.75) is 0 Å². The molecule has 2 heterocycles. The normalized spacial score (nSPS) is 23.5. The van der Waals surface area contributed by atoms with Gasteiger partial charge in [0.2, 0.25) is 0 Å². The molecule has 5 rings (SSSR count). The average molecular weight is 340 g/mol. The van der Waals surface area contributed by atoms with Gasteiger partial charge < -0.3 is 9.47 Å². The van der Waals surface area contributed by atoms with Gasteiger partial charge in [-0.05, 0) is 56.7 Å². The van der Waals surface area contributed by atoms with Gasteiger partial charge in [-0.3, -0.25) is 0 Å². The van der Waals surface area contributed by atoms with Gasteiger partial charge in [-0.15, -0.1) is 0 Å². The summed E-state index contributed by atoms with van der Waals surface area (Å²) in [6.07, 6.45) is 4.63. The zero-order chi connectivity index (χ0) is 17.3. The van der Waals surface area contributed by atoms with Crippen LogP contribution in [0, 0.1) is 0 Å². The molecule has 0 unspecified atom stereocenters. The van der Waals surface area contributed by atoms with Gasteiger partial charge in [0.05, 0.1) is 26.4 Å². The summed E-state index contributed by atoms with van der Waals surface area (Å²) < 4.78 is 11.7. The molecular formula is C24H20O2. The van der Waals surface area contributed by atoms with Crippen molar-refractivity contribution in [3.8, 4) is 0 Å². The van der Waals surface area contributed by atoms with Crippen molar-refractivity contribution >= 4 is 11.1 Å². The standard InChI is InChI=1S/C24H20O2/c1-3-7-17(8-4-1)21-11-19-13-26-16-24(19)22(18-9-5-2-6-10-18)12-20-14-25-15-23(20)21/h1-12H,13-16H2/b19-11?,20-12?,21-11-,22-12-,23-21?,24-22?. The summed E-state index contributed by atoms with van der Waals surface area (Å²) in [5, 5.41) is 0. The van der Waals surface area contributed by atoms with E-state index in [9.17, 15) is 0 Å². The molecule has 0 bridgehead atoms. The second-order valence-corrected chi connectivity index (χ2v) is 6.84. The van der Waals surface area contributed by atoms with Gasteiger partial charge in [-0.1, -0.05) is 60.7 Å². The maximum Gasteiger partial charge on any atom is 0.0731 e. The van der Waals surface area contributed by atoms with E-state index in [1.807, 2.05) is 0 Å². The van der Waals surface area contributed by atoms with Crippen molar-refractivity contribution in [3.63, 3.8) is 0 Å². The highest BCUT2D eigenvalue weighted by Gasteiger charge is 2.26. The van der Waals surface area contributed by atoms with Crippen molar-refractivity contribution in [1.29, 1.82) is 0 Å². The third kappa shape index (κ3) is 2.68. The number of benzene rings is 2. The molecule has 0 radical (unpaired) electrons. The Bertz CT molecular complexity index is 878. The zero-order valence-electron chi connectivity index (χ0n) is 14.6. The molecule has 3 aliphatic rings. The molecule has 0 saturated carbocycles. The molecule has 2 heteroatoms. The summed E-state index contributed by atoms with van der Waals surface area (Å²) in [4.78, 5) is 0. The molecule has 0 atom stereocenters. The minimum absolute atomic E-state index is 0.665. The molecule has 2 aromatic carbocycles.